The van der Waals surface area contributed by atoms with Gasteiger partial charge >= 0.3 is 0 Å². The van der Waals surface area contributed by atoms with E-state index in [0.29, 0.717) is 17.9 Å². The summed E-state index contributed by atoms with van der Waals surface area (Å²) in [5.74, 6) is 0. The molecule has 0 aliphatic heterocycles. The monoisotopic (exact) mass is 289 g/mol. The quantitative estimate of drug-likeness (QED) is 0.890. The Morgan fingerprint density at radius 1 is 1.33 bits per heavy atom. The molecular weight excluding hydrogens is 274 g/mol. The molecule has 0 saturated heterocycles. The second kappa shape index (κ2) is 5.17. The molecule has 100 valence electrons. The van der Waals surface area contributed by atoms with Gasteiger partial charge in [0, 0.05) is 5.02 Å². The van der Waals surface area contributed by atoms with Gasteiger partial charge < -0.3 is 5.11 Å². The molecule has 0 unspecified atom stereocenters. The Morgan fingerprint density at radius 3 is 2.56 bits per heavy atom. The van der Waals surface area contributed by atoms with Gasteiger partial charge in [0.15, 0.2) is 0 Å². The third kappa shape index (κ3) is 2.85. The second-order valence-corrected chi connectivity index (χ2v) is 6.83. The maximum atomic E-state index is 12.2. The van der Waals surface area contributed by atoms with Crippen LogP contribution in [-0.2, 0) is 10.0 Å². The number of hydrogen-bond donors (Lipinski definition) is 2. The molecule has 2 N–H and O–H groups in total. The van der Waals surface area contributed by atoms with Crippen LogP contribution in [0.5, 0.6) is 0 Å². The predicted octanol–water partition coefficient (Wildman–Crippen LogP) is 1.92. The van der Waals surface area contributed by atoms with E-state index >= 15 is 0 Å². The molecule has 2 rings (SSSR count). The van der Waals surface area contributed by atoms with Crippen molar-refractivity contribution in [1.82, 2.24) is 4.72 Å². The highest BCUT2D eigenvalue weighted by molar-refractivity contribution is 7.89. The van der Waals surface area contributed by atoms with Gasteiger partial charge in [-0.1, -0.05) is 30.5 Å². The van der Waals surface area contributed by atoms with Crippen LogP contribution in [0.4, 0.5) is 0 Å². The number of rotatable bonds is 4. The van der Waals surface area contributed by atoms with Gasteiger partial charge in [0.05, 0.1) is 17.0 Å². The van der Waals surface area contributed by atoms with Crippen LogP contribution in [0.25, 0.3) is 0 Å². The van der Waals surface area contributed by atoms with E-state index in [4.69, 9.17) is 11.6 Å². The van der Waals surface area contributed by atoms with Gasteiger partial charge in [0.2, 0.25) is 10.0 Å². The molecule has 18 heavy (non-hydrogen) atoms. The minimum atomic E-state index is -3.63. The van der Waals surface area contributed by atoms with E-state index in [9.17, 15) is 13.5 Å². The van der Waals surface area contributed by atoms with Crippen LogP contribution in [0.1, 0.15) is 25.7 Å². The van der Waals surface area contributed by atoms with Gasteiger partial charge in [-0.25, -0.2) is 13.1 Å². The molecule has 1 aromatic carbocycles. The van der Waals surface area contributed by atoms with E-state index in [1.54, 1.807) is 12.1 Å². The summed E-state index contributed by atoms with van der Waals surface area (Å²) in [6, 6.07) is 6.12. The first kappa shape index (κ1) is 13.8. The van der Waals surface area contributed by atoms with Crippen LogP contribution in [0, 0.1) is 0 Å². The van der Waals surface area contributed by atoms with Crippen LogP contribution < -0.4 is 4.72 Å². The highest BCUT2D eigenvalue weighted by atomic mass is 35.5. The van der Waals surface area contributed by atoms with Crippen molar-refractivity contribution in [1.29, 1.82) is 0 Å². The van der Waals surface area contributed by atoms with Crippen molar-refractivity contribution in [3.8, 4) is 0 Å². The lowest BCUT2D eigenvalue weighted by Crippen LogP contribution is -2.49. The van der Waals surface area contributed by atoms with Crippen molar-refractivity contribution >= 4 is 21.6 Å². The first-order valence-corrected chi connectivity index (χ1v) is 7.74. The van der Waals surface area contributed by atoms with Gasteiger partial charge in [0.1, 0.15) is 0 Å². The maximum absolute atomic E-state index is 12.2. The summed E-state index contributed by atoms with van der Waals surface area (Å²) in [6.45, 7) is -0.174. The zero-order chi connectivity index (χ0) is 13.2. The second-order valence-electron chi connectivity index (χ2n) is 4.71. The standard InChI is InChI=1S/C12H16ClNO3S/c13-10-4-3-5-11(8-10)18(16,17)14-12(9-15)6-1-2-7-12/h3-5,8,14-15H,1-2,6-7,9H2. The summed E-state index contributed by atoms with van der Waals surface area (Å²) in [5.41, 5.74) is -0.707. The molecule has 0 bridgehead atoms. The van der Waals surface area contributed by atoms with Crippen LogP contribution in [-0.4, -0.2) is 25.7 Å². The van der Waals surface area contributed by atoms with Crippen LogP contribution in [0.2, 0.25) is 5.02 Å². The molecule has 1 aromatic rings. The molecule has 1 aliphatic carbocycles. The highest BCUT2D eigenvalue weighted by Gasteiger charge is 2.37. The minimum absolute atomic E-state index is 0.134. The Bertz CT molecular complexity index is 524. The summed E-state index contributed by atoms with van der Waals surface area (Å²) in [5, 5.41) is 9.81. The van der Waals surface area contributed by atoms with E-state index in [2.05, 4.69) is 4.72 Å². The molecular formula is C12H16ClNO3S. The van der Waals surface area contributed by atoms with E-state index in [1.807, 2.05) is 0 Å². The lowest BCUT2D eigenvalue weighted by molar-refractivity contribution is 0.185. The first-order valence-electron chi connectivity index (χ1n) is 5.88. The molecule has 4 nitrogen and oxygen atoms in total. The largest absolute Gasteiger partial charge is 0.394 e. The summed E-state index contributed by atoms with van der Waals surface area (Å²) < 4.78 is 27.1. The van der Waals surface area contributed by atoms with E-state index in [1.165, 1.54) is 12.1 Å². The lowest BCUT2D eigenvalue weighted by atomic mass is 10.0. The van der Waals surface area contributed by atoms with Crippen molar-refractivity contribution in [2.45, 2.75) is 36.1 Å². The number of hydrogen-bond acceptors (Lipinski definition) is 3. The Balaban J connectivity index is 2.27. The van der Waals surface area contributed by atoms with Gasteiger partial charge in [-0.2, -0.15) is 0 Å². The molecule has 0 atom stereocenters. The molecule has 0 radical (unpaired) electrons. The number of nitrogens with one attached hydrogen (secondary N) is 1. The van der Waals surface area contributed by atoms with Gasteiger partial charge in [0.25, 0.3) is 0 Å². The average molecular weight is 290 g/mol. The number of aliphatic hydroxyl groups excluding tert-OH is 1. The van der Waals surface area contributed by atoms with E-state index in [0.717, 1.165) is 12.8 Å². The molecule has 0 spiro atoms. The van der Waals surface area contributed by atoms with Crippen LogP contribution in [0.3, 0.4) is 0 Å². The van der Waals surface area contributed by atoms with E-state index < -0.39 is 15.6 Å². The summed E-state index contributed by atoms with van der Waals surface area (Å²) in [6.07, 6.45) is 3.20. The van der Waals surface area contributed by atoms with E-state index in [-0.39, 0.29) is 11.5 Å². The van der Waals surface area contributed by atoms with Crippen molar-refractivity contribution < 1.29 is 13.5 Å². The number of benzene rings is 1. The first-order chi connectivity index (χ1) is 8.47. The van der Waals surface area contributed by atoms with Gasteiger partial charge in [-0.3, -0.25) is 0 Å². The summed E-state index contributed by atoms with van der Waals surface area (Å²) in [7, 11) is -3.63. The summed E-state index contributed by atoms with van der Waals surface area (Å²) >= 11 is 5.79. The fraction of sp³-hybridized carbons (Fsp3) is 0.500. The summed E-state index contributed by atoms with van der Waals surface area (Å²) in [4.78, 5) is 0.134. The van der Waals surface area contributed by atoms with Crippen molar-refractivity contribution in [3.63, 3.8) is 0 Å². The Morgan fingerprint density at radius 2 is 2.00 bits per heavy atom. The van der Waals surface area contributed by atoms with Crippen molar-refractivity contribution in [2.75, 3.05) is 6.61 Å². The average Bonchev–Trinajstić information content (AvgIpc) is 2.77. The SMILES string of the molecule is O=S(=O)(NC1(CO)CCCC1)c1cccc(Cl)c1. The van der Waals surface area contributed by atoms with Crippen molar-refractivity contribution in [3.05, 3.63) is 29.3 Å². The normalized spacial score (nSPS) is 19.0. The molecule has 0 amide bonds. The van der Waals surface area contributed by atoms with Crippen LogP contribution >= 0.6 is 11.6 Å². The topological polar surface area (TPSA) is 66.4 Å². The third-order valence-electron chi connectivity index (χ3n) is 3.32. The zero-order valence-corrected chi connectivity index (χ0v) is 11.5. The van der Waals surface area contributed by atoms with Crippen molar-refractivity contribution in [2.24, 2.45) is 0 Å². The fourth-order valence-corrected chi connectivity index (χ4v) is 4.07. The minimum Gasteiger partial charge on any atom is -0.394 e. The molecule has 1 fully saturated rings. The predicted molar refractivity (Wildman–Crippen MR) is 70.1 cm³/mol. The molecule has 1 saturated carbocycles. The molecule has 6 heteroatoms. The fourth-order valence-electron chi connectivity index (χ4n) is 2.32. The Hall–Kier alpha value is -0.620. The number of halogens is 1. The Labute approximate surface area is 112 Å². The maximum Gasteiger partial charge on any atom is 0.241 e. The Kier molecular flexibility index (Phi) is 3.96. The number of sulfonamides is 1. The highest BCUT2D eigenvalue weighted by Crippen LogP contribution is 2.31. The number of aliphatic hydroxyl groups is 1. The molecule has 0 heterocycles. The third-order valence-corrected chi connectivity index (χ3v) is 5.13. The molecule has 1 aliphatic rings. The lowest BCUT2D eigenvalue weighted by Gasteiger charge is -2.27. The zero-order valence-electron chi connectivity index (χ0n) is 9.89. The van der Waals surface area contributed by atoms with Gasteiger partial charge in [-0.05, 0) is 31.0 Å². The van der Waals surface area contributed by atoms with Crippen LogP contribution in [0.15, 0.2) is 29.2 Å². The molecule has 0 aromatic heterocycles. The van der Waals surface area contributed by atoms with Gasteiger partial charge in [-0.15, -0.1) is 0 Å². The smallest absolute Gasteiger partial charge is 0.241 e.